The van der Waals surface area contributed by atoms with E-state index < -0.39 is 0 Å². The van der Waals surface area contributed by atoms with Gasteiger partial charge in [-0.3, -0.25) is 10.1 Å². The first kappa shape index (κ1) is 16.4. The molecule has 0 amide bonds. The Bertz CT molecular complexity index is 449. The van der Waals surface area contributed by atoms with Crippen LogP contribution in [0.15, 0.2) is 18.2 Å². The number of hydrogen-bond donors (Lipinski definition) is 1. The Kier molecular flexibility index (Phi) is 6.41. The molecule has 0 aliphatic rings. The summed E-state index contributed by atoms with van der Waals surface area (Å²) in [6.07, 6.45) is 1.08. The predicted octanol–water partition coefficient (Wildman–Crippen LogP) is 2.02. The molecular weight excluding hydrogens is 256 g/mol. The average molecular weight is 280 g/mol. The first-order valence-electron chi connectivity index (χ1n) is 6.72. The number of non-ortho nitro benzene ring substituents is 1. The largest absolute Gasteiger partial charge is 0.388 e. The number of hydrogen-bond acceptors (Lipinski definition) is 5. The lowest BCUT2D eigenvalue weighted by molar-refractivity contribution is -0.384. The van der Waals surface area contributed by atoms with Crippen molar-refractivity contribution < 1.29 is 4.92 Å². The van der Waals surface area contributed by atoms with Crippen molar-refractivity contribution in [1.82, 2.24) is 9.80 Å². The second kappa shape index (κ2) is 7.81. The lowest BCUT2D eigenvalue weighted by atomic mass is 10.1. The maximum Gasteiger partial charge on any atom is 0.269 e. The maximum absolute atomic E-state index is 10.9. The molecule has 0 fully saturated rings. The number of benzene rings is 1. The van der Waals surface area contributed by atoms with Gasteiger partial charge >= 0.3 is 0 Å². The van der Waals surface area contributed by atoms with E-state index in [9.17, 15) is 10.1 Å². The number of rotatable bonds is 8. The van der Waals surface area contributed by atoms with Gasteiger partial charge in [0.1, 0.15) is 0 Å². The molecule has 0 spiro atoms. The molecule has 112 valence electrons. The molecule has 1 rings (SSSR count). The van der Waals surface area contributed by atoms with E-state index in [4.69, 9.17) is 0 Å². The van der Waals surface area contributed by atoms with Gasteiger partial charge in [0, 0.05) is 31.4 Å². The monoisotopic (exact) mass is 280 g/mol. The fourth-order valence-corrected chi connectivity index (χ4v) is 2.10. The van der Waals surface area contributed by atoms with Crippen LogP contribution in [0.3, 0.4) is 0 Å². The van der Waals surface area contributed by atoms with Gasteiger partial charge in [0.25, 0.3) is 5.69 Å². The molecule has 0 bridgehead atoms. The van der Waals surface area contributed by atoms with E-state index in [2.05, 4.69) is 29.2 Å². The van der Waals surface area contributed by atoms with Gasteiger partial charge < -0.3 is 15.1 Å². The first-order chi connectivity index (χ1) is 9.43. The van der Waals surface area contributed by atoms with E-state index >= 15 is 0 Å². The Hall–Kier alpha value is -1.66. The molecule has 0 unspecified atom stereocenters. The van der Waals surface area contributed by atoms with Crippen molar-refractivity contribution in [3.63, 3.8) is 0 Å². The smallest absolute Gasteiger partial charge is 0.269 e. The molecule has 1 N–H and O–H groups in total. The van der Waals surface area contributed by atoms with E-state index in [0.29, 0.717) is 6.54 Å². The minimum atomic E-state index is -0.352. The summed E-state index contributed by atoms with van der Waals surface area (Å²) in [4.78, 5) is 14.8. The van der Waals surface area contributed by atoms with Gasteiger partial charge in [-0.25, -0.2) is 0 Å². The predicted molar refractivity (Wildman–Crippen MR) is 82.1 cm³/mol. The number of nitrogens with zero attached hydrogens (tertiary/aromatic N) is 3. The topological polar surface area (TPSA) is 61.7 Å². The minimum Gasteiger partial charge on any atom is -0.388 e. The SMILES string of the molecule is CNc1ccc([N+](=O)[O-])cc1CN(C)CCCN(C)C. The van der Waals surface area contributed by atoms with Crippen molar-refractivity contribution >= 4 is 11.4 Å². The van der Waals surface area contributed by atoms with Gasteiger partial charge in [0.2, 0.25) is 0 Å². The van der Waals surface area contributed by atoms with Gasteiger partial charge in [-0.2, -0.15) is 0 Å². The highest BCUT2D eigenvalue weighted by atomic mass is 16.6. The summed E-state index contributed by atoms with van der Waals surface area (Å²) in [5.41, 5.74) is 2.03. The summed E-state index contributed by atoms with van der Waals surface area (Å²) in [7, 11) is 7.98. The Morgan fingerprint density at radius 3 is 2.50 bits per heavy atom. The highest BCUT2D eigenvalue weighted by Gasteiger charge is 2.11. The van der Waals surface area contributed by atoms with Crippen molar-refractivity contribution in [2.24, 2.45) is 0 Å². The summed E-state index contributed by atoms with van der Waals surface area (Å²) in [5, 5.41) is 13.9. The van der Waals surface area contributed by atoms with Crippen molar-refractivity contribution in [2.45, 2.75) is 13.0 Å². The molecule has 1 aromatic rings. The van der Waals surface area contributed by atoms with Crippen LogP contribution in [0, 0.1) is 10.1 Å². The van der Waals surface area contributed by atoms with Crippen molar-refractivity contribution in [3.8, 4) is 0 Å². The Morgan fingerprint density at radius 2 is 1.95 bits per heavy atom. The fourth-order valence-electron chi connectivity index (χ4n) is 2.10. The molecule has 0 radical (unpaired) electrons. The third-order valence-electron chi connectivity index (χ3n) is 3.15. The second-order valence-corrected chi connectivity index (χ2v) is 5.24. The van der Waals surface area contributed by atoms with Gasteiger partial charge in [-0.05, 0) is 52.3 Å². The zero-order chi connectivity index (χ0) is 15.1. The standard InChI is InChI=1S/C14H24N4O2/c1-15-14-7-6-13(18(19)20)10-12(14)11-17(4)9-5-8-16(2)3/h6-7,10,15H,5,8-9,11H2,1-4H3. The van der Waals surface area contributed by atoms with Crippen LogP contribution in [0.25, 0.3) is 0 Å². The lowest BCUT2D eigenvalue weighted by Crippen LogP contribution is -2.23. The van der Waals surface area contributed by atoms with Crippen LogP contribution in [-0.2, 0) is 6.54 Å². The molecule has 0 saturated carbocycles. The third kappa shape index (κ3) is 5.14. The van der Waals surface area contributed by atoms with E-state index in [1.807, 2.05) is 14.1 Å². The molecule has 0 heterocycles. The highest BCUT2D eigenvalue weighted by Crippen LogP contribution is 2.22. The summed E-state index contributed by atoms with van der Waals surface area (Å²) >= 11 is 0. The summed E-state index contributed by atoms with van der Waals surface area (Å²) in [6.45, 7) is 2.70. The van der Waals surface area contributed by atoms with Crippen LogP contribution in [0.4, 0.5) is 11.4 Å². The van der Waals surface area contributed by atoms with Crippen molar-refractivity contribution in [3.05, 3.63) is 33.9 Å². The molecule has 1 aromatic carbocycles. The zero-order valence-corrected chi connectivity index (χ0v) is 12.7. The van der Waals surface area contributed by atoms with E-state index in [0.717, 1.165) is 30.8 Å². The average Bonchev–Trinajstić information content (AvgIpc) is 2.38. The number of nitro benzene ring substituents is 1. The highest BCUT2D eigenvalue weighted by molar-refractivity contribution is 5.55. The van der Waals surface area contributed by atoms with E-state index in [-0.39, 0.29) is 10.6 Å². The summed E-state index contributed by atoms with van der Waals surface area (Å²) in [5.74, 6) is 0. The third-order valence-corrected chi connectivity index (χ3v) is 3.15. The van der Waals surface area contributed by atoms with Gasteiger partial charge in [-0.1, -0.05) is 0 Å². The van der Waals surface area contributed by atoms with Gasteiger partial charge in [-0.15, -0.1) is 0 Å². The van der Waals surface area contributed by atoms with Crippen LogP contribution in [0.5, 0.6) is 0 Å². The first-order valence-corrected chi connectivity index (χ1v) is 6.72. The molecule has 0 atom stereocenters. The molecule has 20 heavy (non-hydrogen) atoms. The molecule has 6 heteroatoms. The summed E-state index contributed by atoms with van der Waals surface area (Å²) in [6, 6.07) is 4.94. The van der Waals surface area contributed by atoms with Crippen molar-refractivity contribution in [1.29, 1.82) is 0 Å². The van der Waals surface area contributed by atoms with E-state index in [1.165, 1.54) is 6.07 Å². The van der Waals surface area contributed by atoms with E-state index in [1.54, 1.807) is 12.1 Å². The minimum absolute atomic E-state index is 0.140. The van der Waals surface area contributed by atoms with Crippen molar-refractivity contribution in [2.75, 3.05) is 46.6 Å². The molecule has 0 aliphatic heterocycles. The molecule has 6 nitrogen and oxygen atoms in total. The quantitative estimate of drug-likeness (QED) is 0.583. The number of anilines is 1. The normalized spacial score (nSPS) is 11.1. The van der Waals surface area contributed by atoms with Crippen LogP contribution in [0.2, 0.25) is 0 Å². The molecule has 0 saturated heterocycles. The van der Waals surface area contributed by atoms with Crippen LogP contribution in [-0.4, -0.2) is 56.0 Å². The number of nitro groups is 1. The summed E-state index contributed by atoms with van der Waals surface area (Å²) < 4.78 is 0. The van der Waals surface area contributed by atoms with Crippen LogP contribution >= 0.6 is 0 Å². The Labute approximate surface area is 120 Å². The van der Waals surface area contributed by atoms with Gasteiger partial charge in [0.05, 0.1) is 4.92 Å². The number of nitrogens with one attached hydrogen (secondary N) is 1. The Balaban J connectivity index is 2.69. The molecule has 0 aromatic heterocycles. The lowest BCUT2D eigenvalue weighted by Gasteiger charge is -2.19. The second-order valence-electron chi connectivity index (χ2n) is 5.24. The van der Waals surface area contributed by atoms with Crippen LogP contribution < -0.4 is 5.32 Å². The molecule has 0 aliphatic carbocycles. The zero-order valence-electron chi connectivity index (χ0n) is 12.7. The van der Waals surface area contributed by atoms with Crippen LogP contribution in [0.1, 0.15) is 12.0 Å². The molecular formula is C14H24N4O2. The maximum atomic E-state index is 10.9. The fraction of sp³-hybridized carbons (Fsp3) is 0.571. The van der Waals surface area contributed by atoms with Gasteiger partial charge in [0.15, 0.2) is 0 Å². The Morgan fingerprint density at radius 1 is 1.25 bits per heavy atom.